The number of aryl methyl sites for hydroxylation is 1. The van der Waals surface area contributed by atoms with E-state index in [2.05, 4.69) is 5.32 Å². The van der Waals surface area contributed by atoms with Crippen molar-refractivity contribution < 1.29 is 22.7 Å². The molecule has 0 bridgehead atoms. The number of amides is 2. The first kappa shape index (κ1) is 27.2. The lowest BCUT2D eigenvalue weighted by Crippen LogP contribution is -2.51. The molecule has 0 aromatic heterocycles. The van der Waals surface area contributed by atoms with Gasteiger partial charge in [0, 0.05) is 13.1 Å². The second-order valence-electron chi connectivity index (χ2n) is 8.77. The molecule has 0 saturated carbocycles. The van der Waals surface area contributed by atoms with Gasteiger partial charge in [0.05, 0.1) is 19.1 Å². The third-order valence-corrected chi connectivity index (χ3v) is 6.45. The summed E-state index contributed by atoms with van der Waals surface area (Å²) in [5.41, 5.74) is 2.13. The summed E-state index contributed by atoms with van der Waals surface area (Å²) in [5, 5.41) is 2.86. The monoisotopic (exact) mass is 489 g/mol. The van der Waals surface area contributed by atoms with Crippen LogP contribution < -0.4 is 14.4 Å². The quantitative estimate of drug-likeness (QED) is 0.524. The van der Waals surface area contributed by atoms with E-state index in [0.29, 0.717) is 12.3 Å². The van der Waals surface area contributed by atoms with Crippen molar-refractivity contribution in [3.63, 3.8) is 0 Å². The summed E-state index contributed by atoms with van der Waals surface area (Å²) in [6.45, 7) is 7.74. The van der Waals surface area contributed by atoms with Crippen LogP contribution in [0.3, 0.4) is 0 Å². The Morgan fingerprint density at radius 1 is 1.06 bits per heavy atom. The average Bonchev–Trinajstić information content (AvgIpc) is 2.78. The summed E-state index contributed by atoms with van der Waals surface area (Å²) in [4.78, 5) is 27.8. The highest BCUT2D eigenvalue weighted by Crippen LogP contribution is 2.29. The molecule has 34 heavy (non-hydrogen) atoms. The molecule has 0 saturated heterocycles. The number of nitrogens with zero attached hydrogens (tertiary/aromatic N) is 2. The molecule has 0 radical (unpaired) electrons. The summed E-state index contributed by atoms with van der Waals surface area (Å²) in [6, 6.07) is 13.4. The minimum Gasteiger partial charge on any atom is -0.495 e. The predicted octanol–water partition coefficient (Wildman–Crippen LogP) is 2.96. The number of anilines is 1. The summed E-state index contributed by atoms with van der Waals surface area (Å²) >= 11 is 0. The smallest absolute Gasteiger partial charge is 0.244 e. The van der Waals surface area contributed by atoms with Crippen LogP contribution in [0.2, 0.25) is 0 Å². The lowest BCUT2D eigenvalue weighted by atomic mass is 10.1. The molecule has 0 aliphatic rings. The van der Waals surface area contributed by atoms with Gasteiger partial charge in [-0.05, 0) is 37.5 Å². The molecule has 0 aliphatic heterocycles. The van der Waals surface area contributed by atoms with Crippen molar-refractivity contribution in [1.29, 1.82) is 0 Å². The summed E-state index contributed by atoms with van der Waals surface area (Å²) < 4.78 is 31.7. The zero-order chi connectivity index (χ0) is 25.5. The third-order valence-electron chi connectivity index (χ3n) is 5.32. The molecule has 1 N–H and O–H groups in total. The summed E-state index contributed by atoms with van der Waals surface area (Å²) in [6.07, 6.45) is 1.04. The summed E-state index contributed by atoms with van der Waals surface area (Å²) in [5.74, 6) is -0.208. The molecule has 2 aromatic rings. The van der Waals surface area contributed by atoms with E-state index in [1.54, 1.807) is 31.2 Å². The van der Waals surface area contributed by atoms with Gasteiger partial charge in [0.1, 0.15) is 18.3 Å². The first-order valence-corrected chi connectivity index (χ1v) is 13.0. The minimum atomic E-state index is -3.82. The van der Waals surface area contributed by atoms with Gasteiger partial charge in [0.2, 0.25) is 21.8 Å². The number of carbonyl (C=O) groups excluding carboxylic acids is 2. The highest BCUT2D eigenvalue weighted by Gasteiger charge is 2.31. The fraction of sp³-hybridized carbons (Fsp3) is 0.440. The van der Waals surface area contributed by atoms with Gasteiger partial charge in [-0.15, -0.1) is 0 Å². The molecule has 2 aromatic carbocycles. The Labute approximate surface area is 202 Å². The number of ether oxygens (including phenoxy) is 1. The minimum absolute atomic E-state index is 0.167. The molecule has 186 valence electrons. The number of rotatable bonds is 11. The van der Waals surface area contributed by atoms with Crippen LogP contribution in [0.4, 0.5) is 5.69 Å². The summed E-state index contributed by atoms with van der Waals surface area (Å²) in [7, 11) is -2.38. The van der Waals surface area contributed by atoms with Crippen LogP contribution in [-0.2, 0) is 26.2 Å². The molecule has 8 nitrogen and oxygen atoms in total. The highest BCUT2D eigenvalue weighted by atomic mass is 32.2. The van der Waals surface area contributed by atoms with Gasteiger partial charge in [0.25, 0.3) is 0 Å². The normalized spacial score (nSPS) is 12.2. The van der Waals surface area contributed by atoms with Crippen molar-refractivity contribution in [3.8, 4) is 5.75 Å². The van der Waals surface area contributed by atoms with Crippen LogP contribution >= 0.6 is 0 Å². The van der Waals surface area contributed by atoms with Gasteiger partial charge >= 0.3 is 0 Å². The first-order valence-electron chi connectivity index (χ1n) is 11.2. The number of methoxy groups -OCH3 is 1. The Hall–Kier alpha value is -3.07. The third kappa shape index (κ3) is 7.48. The van der Waals surface area contributed by atoms with Crippen LogP contribution in [0, 0.1) is 12.8 Å². The molecule has 0 spiro atoms. The number of nitrogens with one attached hydrogen (secondary N) is 1. The lowest BCUT2D eigenvalue weighted by molar-refractivity contribution is -0.139. The van der Waals surface area contributed by atoms with Crippen LogP contribution in [0.1, 0.15) is 31.9 Å². The van der Waals surface area contributed by atoms with Crippen molar-refractivity contribution >= 4 is 27.5 Å². The van der Waals surface area contributed by atoms with Crippen LogP contribution in [0.25, 0.3) is 0 Å². The maximum Gasteiger partial charge on any atom is 0.244 e. The van der Waals surface area contributed by atoms with Crippen molar-refractivity contribution in [1.82, 2.24) is 10.2 Å². The van der Waals surface area contributed by atoms with E-state index in [0.717, 1.165) is 21.7 Å². The Kier molecular flexibility index (Phi) is 9.49. The van der Waals surface area contributed by atoms with E-state index in [-0.39, 0.29) is 24.1 Å². The number of sulfonamides is 1. The predicted molar refractivity (Wildman–Crippen MR) is 134 cm³/mol. The van der Waals surface area contributed by atoms with Gasteiger partial charge in [-0.1, -0.05) is 55.8 Å². The van der Waals surface area contributed by atoms with E-state index >= 15 is 0 Å². The number of carbonyl (C=O) groups is 2. The largest absolute Gasteiger partial charge is 0.495 e. The first-order chi connectivity index (χ1) is 15.9. The number of benzene rings is 2. The highest BCUT2D eigenvalue weighted by molar-refractivity contribution is 7.92. The molecule has 0 unspecified atom stereocenters. The number of para-hydroxylation sites is 2. The standard InChI is InChI=1S/C25H35N3O5S/c1-18(2)15-26-25(30)20(4)27(16-21-11-9-10-19(3)14-21)24(29)17-28(34(6,31)32)22-12-7-8-13-23(22)33-5/h7-14,18,20H,15-17H2,1-6H3,(H,26,30)/t20-/m0/s1. The van der Waals surface area contributed by atoms with Gasteiger partial charge < -0.3 is 15.0 Å². The Balaban J connectivity index is 2.40. The van der Waals surface area contributed by atoms with Crippen molar-refractivity contribution in [3.05, 3.63) is 59.7 Å². The van der Waals surface area contributed by atoms with E-state index in [4.69, 9.17) is 4.74 Å². The molecule has 2 rings (SSSR count). The zero-order valence-electron chi connectivity index (χ0n) is 20.7. The molecule has 2 amide bonds. The molecule has 0 fully saturated rings. The maximum atomic E-state index is 13.5. The van der Waals surface area contributed by atoms with Crippen LogP contribution in [0.5, 0.6) is 5.75 Å². The number of hydrogen-bond donors (Lipinski definition) is 1. The van der Waals surface area contributed by atoms with Crippen molar-refractivity contribution in [2.24, 2.45) is 5.92 Å². The molecular formula is C25H35N3O5S. The number of hydrogen-bond acceptors (Lipinski definition) is 5. The van der Waals surface area contributed by atoms with E-state index in [1.807, 2.05) is 45.0 Å². The fourth-order valence-electron chi connectivity index (χ4n) is 3.47. The molecular weight excluding hydrogens is 454 g/mol. The fourth-order valence-corrected chi connectivity index (χ4v) is 4.33. The van der Waals surface area contributed by atoms with Crippen LogP contribution in [0.15, 0.2) is 48.5 Å². The second-order valence-corrected chi connectivity index (χ2v) is 10.7. The Bertz CT molecular complexity index is 1100. The van der Waals surface area contributed by atoms with Crippen molar-refractivity contribution in [2.45, 2.75) is 40.3 Å². The van der Waals surface area contributed by atoms with Gasteiger partial charge in [0.15, 0.2) is 0 Å². The van der Waals surface area contributed by atoms with Gasteiger partial charge in [-0.25, -0.2) is 8.42 Å². The molecule has 9 heteroatoms. The van der Waals surface area contributed by atoms with Crippen LogP contribution in [-0.4, -0.2) is 57.6 Å². The zero-order valence-corrected chi connectivity index (χ0v) is 21.6. The van der Waals surface area contributed by atoms with Gasteiger partial charge in [-0.2, -0.15) is 0 Å². The van der Waals surface area contributed by atoms with E-state index in [9.17, 15) is 18.0 Å². The van der Waals surface area contributed by atoms with Gasteiger partial charge in [-0.3, -0.25) is 13.9 Å². The Morgan fingerprint density at radius 3 is 2.32 bits per heavy atom. The van der Waals surface area contributed by atoms with Crippen molar-refractivity contribution in [2.75, 3.05) is 30.8 Å². The Morgan fingerprint density at radius 2 is 1.74 bits per heavy atom. The lowest BCUT2D eigenvalue weighted by Gasteiger charge is -2.32. The van der Waals surface area contributed by atoms with E-state index < -0.39 is 28.5 Å². The van der Waals surface area contributed by atoms with E-state index in [1.165, 1.54) is 12.0 Å². The molecule has 0 aliphatic carbocycles. The second kappa shape index (κ2) is 11.9. The molecule has 1 atom stereocenters. The topological polar surface area (TPSA) is 96.0 Å². The maximum absolute atomic E-state index is 13.5. The average molecular weight is 490 g/mol. The SMILES string of the molecule is COc1ccccc1N(CC(=O)N(Cc1cccc(C)c1)[C@@H](C)C(=O)NCC(C)C)S(C)(=O)=O. The molecule has 0 heterocycles.